The molecular weight excluding hydrogens is 196 g/mol. The van der Waals surface area contributed by atoms with E-state index in [0.29, 0.717) is 11.7 Å². The number of halogens is 1. The smallest absolute Gasteiger partial charge is 0.0579 e. The van der Waals surface area contributed by atoms with Gasteiger partial charge in [-0.2, -0.15) is 0 Å². The Labute approximate surface area is 90.4 Å². The second-order valence-corrected chi connectivity index (χ2v) is 4.05. The number of nitrogens with two attached hydrogens (primary N) is 1. The maximum absolute atomic E-state index is 5.95. The zero-order valence-electron chi connectivity index (χ0n) is 8.89. The van der Waals surface area contributed by atoms with Crippen molar-refractivity contribution < 1.29 is 0 Å². The van der Waals surface area contributed by atoms with E-state index in [-0.39, 0.29) is 0 Å². The zero-order valence-corrected chi connectivity index (χ0v) is 9.65. The summed E-state index contributed by atoms with van der Waals surface area (Å²) >= 11 is 5.95. The lowest BCUT2D eigenvalue weighted by atomic mass is 10.1. The van der Waals surface area contributed by atoms with E-state index in [1.807, 2.05) is 13.0 Å². The summed E-state index contributed by atoms with van der Waals surface area (Å²) in [5, 5.41) is 4.06. The molecule has 1 atom stereocenters. The molecule has 0 spiro atoms. The molecule has 0 aliphatic carbocycles. The van der Waals surface area contributed by atoms with Crippen LogP contribution in [0.5, 0.6) is 0 Å². The highest BCUT2D eigenvalue weighted by Gasteiger charge is 2.05. The first-order chi connectivity index (χ1) is 6.54. The van der Waals surface area contributed by atoms with Crippen molar-refractivity contribution in [2.45, 2.75) is 33.2 Å². The third-order valence-electron chi connectivity index (χ3n) is 2.35. The largest absolute Gasteiger partial charge is 0.397 e. The van der Waals surface area contributed by atoms with Crippen LogP contribution in [-0.4, -0.2) is 6.04 Å². The second kappa shape index (κ2) is 4.56. The molecule has 3 N–H and O–H groups in total. The number of hydrogen-bond donors (Lipinski definition) is 2. The van der Waals surface area contributed by atoms with E-state index in [0.717, 1.165) is 22.7 Å². The Morgan fingerprint density at radius 2 is 2.14 bits per heavy atom. The fourth-order valence-electron chi connectivity index (χ4n) is 1.19. The molecule has 1 aromatic carbocycles. The van der Waals surface area contributed by atoms with Crippen LogP contribution in [0.15, 0.2) is 12.1 Å². The van der Waals surface area contributed by atoms with Crippen molar-refractivity contribution in [1.29, 1.82) is 0 Å². The Kier molecular flexibility index (Phi) is 3.64. The van der Waals surface area contributed by atoms with Crippen molar-refractivity contribution in [2.24, 2.45) is 0 Å². The third kappa shape index (κ3) is 2.55. The van der Waals surface area contributed by atoms with E-state index in [2.05, 4.69) is 19.2 Å². The zero-order chi connectivity index (χ0) is 10.7. The predicted molar refractivity (Wildman–Crippen MR) is 64.0 cm³/mol. The monoisotopic (exact) mass is 212 g/mol. The van der Waals surface area contributed by atoms with Crippen molar-refractivity contribution in [1.82, 2.24) is 0 Å². The average molecular weight is 213 g/mol. The van der Waals surface area contributed by atoms with Gasteiger partial charge in [0.2, 0.25) is 0 Å². The number of nitrogen functional groups attached to an aromatic ring is 1. The molecule has 1 unspecified atom stereocenters. The lowest BCUT2D eigenvalue weighted by Crippen LogP contribution is -2.14. The SMILES string of the molecule is CCC(C)Nc1cc(C)c(Cl)cc1N. The number of hydrogen-bond acceptors (Lipinski definition) is 2. The normalized spacial score (nSPS) is 12.6. The van der Waals surface area contributed by atoms with Gasteiger partial charge >= 0.3 is 0 Å². The Bertz CT molecular complexity index is 323. The Morgan fingerprint density at radius 1 is 1.50 bits per heavy atom. The molecule has 0 amide bonds. The summed E-state index contributed by atoms with van der Waals surface area (Å²) in [7, 11) is 0. The van der Waals surface area contributed by atoms with Crippen LogP contribution < -0.4 is 11.1 Å². The van der Waals surface area contributed by atoms with Gasteiger partial charge in [0, 0.05) is 11.1 Å². The van der Waals surface area contributed by atoms with E-state index in [4.69, 9.17) is 17.3 Å². The van der Waals surface area contributed by atoms with Gasteiger partial charge in [-0.05, 0) is 38.0 Å². The van der Waals surface area contributed by atoms with Gasteiger partial charge < -0.3 is 11.1 Å². The summed E-state index contributed by atoms with van der Waals surface area (Å²) in [6.45, 7) is 6.24. The van der Waals surface area contributed by atoms with Crippen molar-refractivity contribution in [3.05, 3.63) is 22.7 Å². The van der Waals surface area contributed by atoms with Crippen LogP contribution >= 0.6 is 11.6 Å². The number of nitrogens with one attached hydrogen (secondary N) is 1. The van der Waals surface area contributed by atoms with Crippen LogP contribution in [0.25, 0.3) is 0 Å². The van der Waals surface area contributed by atoms with Crippen LogP contribution in [0.1, 0.15) is 25.8 Å². The van der Waals surface area contributed by atoms with Gasteiger partial charge in [-0.1, -0.05) is 18.5 Å². The van der Waals surface area contributed by atoms with Crippen LogP contribution in [0, 0.1) is 6.92 Å². The highest BCUT2D eigenvalue weighted by Crippen LogP contribution is 2.27. The van der Waals surface area contributed by atoms with E-state index in [1.165, 1.54) is 0 Å². The molecule has 0 saturated heterocycles. The molecule has 3 heteroatoms. The molecule has 0 fully saturated rings. The molecule has 0 aliphatic heterocycles. The maximum Gasteiger partial charge on any atom is 0.0579 e. The minimum atomic E-state index is 0.429. The average Bonchev–Trinajstić information content (AvgIpc) is 2.14. The molecule has 0 heterocycles. The van der Waals surface area contributed by atoms with Gasteiger partial charge in [-0.15, -0.1) is 0 Å². The molecule has 14 heavy (non-hydrogen) atoms. The van der Waals surface area contributed by atoms with Gasteiger partial charge in [0.25, 0.3) is 0 Å². The van der Waals surface area contributed by atoms with Crippen molar-refractivity contribution in [3.8, 4) is 0 Å². The molecule has 1 aromatic rings. The van der Waals surface area contributed by atoms with Crippen LogP contribution in [0.2, 0.25) is 5.02 Å². The van der Waals surface area contributed by atoms with Crippen molar-refractivity contribution in [3.63, 3.8) is 0 Å². The summed E-state index contributed by atoms with van der Waals surface area (Å²) in [6, 6.07) is 4.21. The Morgan fingerprint density at radius 3 is 2.71 bits per heavy atom. The Hall–Kier alpha value is -0.890. The number of aryl methyl sites for hydroxylation is 1. The first-order valence-electron chi connectivity index (χ1n) is 4.86. The lowest BCUT2D eigenvalue weighted by molar-refractivity contribution is 0.764. The fourth-order valence-corrected chi connectivity index (χ4v) is 1.36. The summed E-state index contributed by atoms with van der Waals surface area (Å²) in [6.07, 6.45) is 1.07. The molecule has 0 radical (unpaired) electrons. The van der Waals surface area contributed by atoms with Crippen LogP contribution in [0.3, 0.4) is 0 Å². The first-order valence-corrected chi connectivity index (χ1v) is 5.24. The molecule has 78 valence electrons. The summed E-state index contributed by atoms with van der Waals surface area (Å²) in [4.78, 5) is 0. The van der Waals surface area contributed by atoms with Crippen LogP contribution in [0.4, 0.5) is 11.4 Å². The maximum atomic E-state index is 5.95. The molecule has 0 aliphatic rings. The van der Waals surface area contributed by atoms with Crippen molar-refractivity contribution >= 4 is 23.0 Å². The number of anilines is 2. The quantitative estimate of drug-likeness (QED) is 0.754. The van der Waals surface area contributed by atoms with Gasteiger partial charge in [-0.25, -0.2) is 0 Å². The van der Waals surface area contributed by atoms with E-state index in [1.54, 1.807) is 6.07 Å². The summed E-state index contributed by atoms with van der Waals surface area (Å²) in [5.74, 6) is 0. The van der Waals surface area contributed by atoms with Gasteiger partial charge in [0.1, 0.15) is 0 Å². The molecule has 0 bridgehead atoms. The van der Waals surface area contributed by atoms with Crippen LogP contribution in [-0.2, 0) is 0 Å². The summed E-state index contributed by atoms with van der Waals surface area (Å²) < 4.78 is 0. The minimum absolute atomic E-state index is 0.429. The highest BCUT2D eigenvalue weighted by atomic mass is 35.5. The molecule has 1 rings (SSSR count). The van der Waals surface area contributed by atoms with Crippen molar-refractivity contribution in [2.75, 3.05) is 11.1 Å². The molecular formula is C11H17ClN2. The minimum Gasteiger partial charge on any atom is -0.397 e. The standard InChI is InChI=1S/C11H17ClN2/c1-4-8(3)14-11-5-7(2)9(12)6-10(11)13/h5-6,8,14H,4,13H2,1-3H3. The van der Waals surface area contributed by atoms with Gasteiger partial charge in [0.15, 0.2) is 0 Å². The predicted octanol–water partition coefficient (Wildman–Crippen LogP) is 3.44. The summed E-state index contributed by atoms with van der Waals surface area (Å²) in [5.41, 5.74) is 8.58. The lowest BCUT2D eigenvalue weighted by Gasteiger charge is -2.16. The van der Waals surface area contributed by atoms with Gasteiger partial charge in [-0.3, -0.25) is 0 Å². The second-order valence-electron chi connectivity index (χ2n) is 3.64. The number of benzene rings is 1. The van der Waals surface area contributed by atoms with E-state index >= 15 is 0 Å². The molecule has 0 aromatic heterocycles. The molecule has 2 nitrogen and oxygen atoms in total. The highest BCUT2D eigenvalue weighted by molar-refractivity contribution is 6.31. The fraction of sp³-hybridized carbons (Fsp3) is 0.455. The topological polar surface area (TPSA) is 38.0 Å². The van der Waals surface area contributed by atoms with E-state index < -0.39 is 0 Å². The first kappa shape index (κ1) is 11.2. The number of rotatable bonds is 3. The molecule has 0 saturated carbocycles. The third-order valence-corrected chi connectivity index (χ3v) is 2.75. The van der Waals surface area contributed by atoms with E-state index in [9.17, 15) is 0 Å². The Balaban J connectivity index is 2.92. The van der Waals surface area contributed by atoms with Gasteiger partial charge in [0.05, 0.1) is 11.4 Å².